The van der Waals surface area contributed by atoms with Crippen molar-refractivity contribution in [2.75, 3.05) is 0 Å². The maximum Gasteiger partial charge on any atom is 0.238 e. The zero-order valence-electron chi connectivity index (χ0n) is 14.0. The number of hydrogen-bond acceptors (Lipinski definition) is 4. The van der Waals surface area contributed by atoms with Crippen molar-refractivity contribution >= 4 is 10.0 Å². The minimum absolute atomic E-state index is 0.0719. The van der Waals surface area contributed by atoms with Gasteiger partial charge in [-0.1, -0.05) is 25.1 Å². The monoisotopic (exact) mass is 372 g/mol. The number of oxazole rings is 1. The van der Waals surface area contributed by atoms with Gasteiger partial charge in [0.05, 0.1) is 10.8 Å². The number of primary sulfonamides is 1. The van der Waals surface area contributed by atoms with E-state index in [4.69, 9.17) is 9.56 Å². The topological polar surface area (TPSA) is 86.2 Å². The van der Waals surface area contributed by atoms with Crippen molar-refractivity contribution in [3.05, 3.63) is 72.9 Å². The van der Waals surface area contributed by atoms with Crippen LogP contribution < -0.4 is 5.14 Å². The van der Waals surface area contributed by atoms with Gasteiger partial charge in [-0.05, 0) is 36.4 Å². The molecule has 0 saturated heterocycles. The van der Waals surface area contributed by atoms with Crippen LogP contribution in [0.1, 0.15) is 18.7 Å². The van der Waals surface area contributed by atoms with Crippen LogP contribution in [0.3, 0.4) is 0 Å². The van der Waals surface area contributed by atoms with Gasteiger partial charge >= 0.3 is 0 Å². The van der Waals surface area contributed by atoms with Gasteiger partial charge in [0.15, 0.2) is 5.76 Å². The largest absolute Gasteiger partial charge is 0.439 e. The summed E-state index contributed by atoms with van der Waals surface area (Å²) in [5.41, 5.74) is 1.30. The third-order valence-corrected chi connectivity index (χ3v) is 4.91. The highest BCUT2D eigenvalue weighted by Crippen LogP contribution is 2.37. The Kier molecular flexibility index (Phi) is 4.76. The van der Waals surface area contributed by atoms with Crippen LogP contribution in [-0.4, -0.2) is 13.4 Å². The first-order valence-corrected chi connectivity index (χ1v) is 9.37. The summed E-state index contributed by atoms with van der Waals surface area (Å²) in [6.45, 7) is 5.57. The van der Waals surface area contributed by atoms with E-state index in [-0.39, 0.29) is 22.4 Å². The van der Waals surface area contributed by atoms with Crippen molar-refractivity contribution in [3.63, 3.8) is 0 Å². The fourth-order valence-electron chi connectivity index (χ4n) is 2.52. The van der Waals surface area contributed by atoms with E-state index in [9.17, 15) is 12.8 Å². The molecule has 0 radical (unpaired) electrons. The summed E-state index contributed by atoms with van der Waals surface area (Å²) in [6, 6.07) is 12.0. The second-order valence-electron chi connectivity index (χ2n) is 5.80. The van der Waals surface area contributed by atoms with Crippen LogP contribution in [0, 0.1) is 5.82 Å². The number of halogens is 1. The number of rotatable bonds is 5. The van der Waals surface area contributed by atoms with E-state index < -0.39 is 10.0 Å². The second kappa shape index (κ2) is 6.86. The normalized spacial score (nSPS) is 12.7. The van der Waals surface area contributed by atoms with Gasteiger partial charge in [0.2, 0.25) is 15.9 Å². The molecular weight excluding hydrogens is 355 g/mol. The molecule has 2 aromatic carbocycles. The van der Waals surface area contributed by atoms with Crippen molar-refractivity contribution in [3.8, 4) is 22.6 Å². The highest BCUT2D eigenvalue weighted by Gasteiger charge is 2.24. The number of nitrogens with two attached hydrogens (primary N) is 1. The molecule has 0 spiro atoms. The summed E-state index contributed by atoms with van der Waals surface area (Å²) < 4.78 is 43.1. The predicted molar refractivity (Wildman–Crippen MR) is 97.3 cm³/mol. The van der Waals surface area contributed by atoms with E-state index in [0.717, 1.165) is 0 Å². The van der Waals surface area contributed by atoms with Gasteiger partial charge in [-0.15, -0.1) is 6.58 Å². The van der Waals surface area contributed by atoms with E-state index in [2.05, 4.69) is 11.6 Å². The smallest absolute Gasteiger partial charge is 0.238 e. The number of nitrogens with zero attached hydrogens (tertiary/aromatic N) is 1. The molecule has 1 unspecified atom stereocenters. The first kappa shape index (κ1) is 18.0. The van der Waals surface area contributed by atoms with Gasteiger partial charge in [-0.25, -0.2) is 22.9 Å². The summed E-state index contributed by atoms with van der Waals surface area (Å²) in [7, 11) is -3.97. The van der Waals surface area contributed by atoms with Gasteiger partial charge in [0, 0.05) is 11.1 Å². The van der Waals surface area contributed by atoms with Gasteiger partial charge in [0.1, 0.15) is 11.5 Å². The van der Waals surface area contributed by atoms with E-state index >= 15 is 0 Å². The number of sulfonamides is 1. The molecule has 0 fully saturated rings. The van der Waals surface area contributed by atoms with Crippen molar-refractivity contribution in [2.24, 2.45) is 5.14 Å². The Balaban J connectivity index is 2.29. The van der Waals surface area contributed by atoms with Gasteiger partial charge < -0.3 is 4.42 Å². The third kappa shape index (κ3) is 3.44. The summed E-state index contributed by atoms with van der Waals surface area (Å²) >= 11 is 0. The van der Waals surface area contributed by atoms with E-state index in [1.165, 1.54) is 18.2 Å². The lowest BCUT2D eigenvalue weighted by Crippen LogP contribution is -2.13. The van der Waals surface area contributed by atoms with Crippen molar-refractivity contribution < 1.29 is 17.2 Å². The molecule has 3 rings (SSSR count). The molecule has 134 valence electrons. The lowest BCUT2D eigenvalue weighted by atomic mass is 10.1. The van der Waals surface area contributed by atoms with Crippen molar-refractivity contribution in [1.29, 1.82) is 0 Å². The van der Waals surface area contributed by atoms with Gasteiger partial charge in [-0.3, -0.25) is 0 Å². The zero-order valence-corrected chi connectivity index (χ0v) is 14.8. The molecule has 7 heteroatoms. The molecule has 0 aliphatic heterocycles. The van der Waals surface area contributed by atoms with Crippen LogP contribution in [0.5, 0.6) is 0 Å². The molecule has 0 aliphatic carbocycles. The molecule has 0 bridgehead atoms. The average Bonchev–Trinajstić information content (AvgIpc) is 3.06. The molecule has 0 amide bonds. The summed E-state index contributed by atoms with van der Waals surface area (Å²) in [5, 5.41) is 5.34. The van der Waals surface area contributed by atoms with Crippen LogP contribution >= 0.6 is 0 Å². The molecule has 3 aromatic rings. The molecule has 1 aromatic heterocycles. The SMILES string of the molecule is C=CC(C)c1nc(-c2ccc(F)cc2)c(-c2ccccc2S(N)(=O)=O)o1. The average molecular weight is 372 g/mol. The minimum atomic E-state index is -3.97. The number of benzene rings is 2. The van der Waals surface area contributed by atoms with Crippen molar-refractivity contribution in [1.82, 2.24) is 4.98 Å². The molecule has 2 N–H and O–H groups in total. The highest BCUT2D eigenvalue weighted by atomic mass is 32.2. The van der Waals surface area contributed by atoms with Crippen LogP contribution in [0.2, 0.25) is 0 Å². The number of aromatic nitrogens is 1. The Morgan fingerprint density at radius 2 is 1.85 bits per heavy atom. The number of hydrogen-bond donors (Lipinski definition) is 1. The molecule has 26 heavy (non-hydrogen) atoms. The van der Waals surface area contributed by atoms with Crippen LogP contribution in [0.15, 0.2) is 70.5 Å². The van der Waals surface area contributed by atoms with E-state index in [1.807, 2.05) is 6.92 Å². The highest BCUT2D eigenvalue weighted by molar-refractivity contribution is 7.89. The number of allylic oxidation sites excluding steroid dienone is 1. The Morgan fingerprint density at radius 3 is 2.46 bits per heavy atom. The predicted octanol–water partition coefficient (Wildman–Crippen LogP) is 4.08. The third-order valence-electron chi connectivity index (χ3n) is 3.94. The first-order valence-electron chi connectivity index (χ1n) is 7.82. The quantitative estimate of drug-likeness (QED) is 0.684. The molecule has 5 nitrogen and oxygen atoms in total. The van der Waals surface area contributed by atoms with E-state index in [1.54, 1.807) is 36.4 Å². The molecular formula is C19H17FN2O3S. The molecule has 0 aliphatic rings. The standard InChI is InChI=1S/C19H17FN2O3S/c1-3-12(2)19-22-17(13-8-10-14(20)11-9-13)18(25-19)15-6-4-5-7-16(15)26(21,23)24/h3-12H,1H2,2H3,(H2,21,23,24). The lowest BCUT2D eigenvalue weighted by molar-refractivity contribution is 0.494. The maximum absolute atomic E-state index is 13.3. The first-order chi connectivity index (χ1) is 12.3. The summed E-state index contributed by atoms with van der Waals surface area (Å²) in [5.74, 6) is 0.0523. The van der Waals surface area contributed by atoms with Gasteiger partial charge in [-0.2, -0.15) is 0 Å². The van der Waals surface area contributed by atoms with Gasteiger partial charge in [0.25, 0.3) is 0 Å². The minimum Gasteiger partial charge on any atom is -0.439 e. The Labute approximate surface area is 151 Å². The Bertz CT molecular complexity index is 1060. The maximum atomic E-state index is 13.3. The lowest BCUT2D eigenvalue weighted by Gasteiger charge is -2.07. The fraction of sp³-hybridized carbons (Fsp3) is 0.105. The van der Waals surface area contributed by atoms with Crippen molar-refractivity contribution in [2.45, 2.75) is 17.7 Å². The van der Waals surface area contributed by atoms with Crippen LogP contribution in [0.25, 0.3) is 22.6 Å². The van der Waals surface area contributed by atoms with Crippen LogP contribution in [-0.2, 0) is 10.0 Å². The molecule has 1 heterocycles. The Morgan fingerprint density at radius 1 is 1.19 bits per heavy atom. The zero-order chi connectivity index (χ0) is 18.9. The fourth-order valence-corrected chi connectivity index (χ4v) is 3.26. The second-order valence-corrected chi connectivity index (χ2v) is 7.33. The molecule has 0 saturated carbocycles. The van der Waals surface area contributed by atoms with E-state index in [0.29, 0.717) is 22.7 Å². The molecule has 1 atom stereocenters. The summed E-state index contributed by atoms with van der Waals surface area (Å²) in [6.07, 6.45) is 1.66. The summed E-state index contributed by atoms with van der Waals surface area (Å²) in [4.78, 5) is 4.41. The Hall–Kier alpha value is -2.77. The van der Waals surface area contributed by atoms with Crippen LogP contribution in [0.4, 0.5) is 4.39 Å².